The second-order valence-electron chi connectivity index (χ2n) is 31.0. The average Bonchev–Trinajstić information content (AvgIpc) is 1.53. The Balaban J connectivity index is 1.04. The van der Waals surface area contributed by atoms with Gasteiger partial charge in [-0.25, -0.2) is 0 Å². The van der Waals surface area contributed by atoms with Crippen LogP contribution in [0.3, 0.4) is 0 Å². The van der Waals surface area contributed by atoms with Crippen molar-refractivity contribution in [1.29, 1.82) is 0 Å². The summed E-state index contributed by atoms with van der Waals surface area (Å²) >= 11 is 0. The molecule has 2 heteroatoms. The standard InChI is InChI=1S/C96H120N2/c1-11-16-20-24-28-32-64-95(65-33-29-25-21-17-12-2)90-68-77(75-42-56-83(57-43-75)97(80-50-36-72(6)37-51-80)82-54-40-74(15-5)41-55-82)46-62-86(90)88-70-93-89(71-92(88)95)87-63-47-78(69-91(87)96(93,66-34-30-26-22-18-13-3)67-35-31-27-23-19-14-4)76-44-58-84(59-45-76)98(81-52-38-73(7)39-53-81)85-60-48-79(49-61-85)94(8,9)10/h36-63,68-71H,11-35,64-67H2,1-10H3. The van der Waals surface area contributed by atoms with Gasteiger partial charge in [0.25, 0.3) is 0 Å². The van der Waals surface area contributed by atoms with Crippen LogP contribution in [0.1, 0.15) is 280 Å². The number of unbranched alkanes of at least 4 members (excludes halogenated alkanes) is 20. The molecule has 0 unspecified atom stereocenters. The van der Waals surface area contributed by atoms with E-state index in [1.54, 1.807) is 22.3 Å². The minimum atomic E-state index is -0.0806. The van der Waals surface area contributed by atoms with Gasteiger partial charge < -0.3 is 9.80 Å². The molecule has 0 bridgehead atoms. The summed E-state index contributed by atoms with van der Waals surface area (Å²) in [6.45, 7) is 23.0. The SMILES string of the molecule is CCCCCCCCC1(CCCCCCCC)c2cc(-c3ccc(N(c4ccc(C)cc4)c4ccc(CC)cc4)cc3)ccc2-c2cc3c(cc21)-c1ccc(-c2ccc(N(c4ccc(C)cc4)c4ccc(C(C)(C)C)cc4)cc2)cc1C3(CCCCCCCC)CCCCCCCC. The summed E-state index contributed by atoms with van der Waals surface area (Å²) in [6.07, 6.45) is 37.2. The Bertz CT molecular complexity index is 3900. The van der Waals surface area contributed by atoms with E-state index in [1.165, 1.54) is 281 Å². The quantitative estimate of drug-likeness (QED) is 0.0358. The molecule has 0 atom stereocenters. The van der Waals surface area contributed by atoms with E-state index in [9.17, 15) is 0 Å². The fraction of sp³-hybridized carbons (Fsp3) is 0.438. The third-order valence-electron chi connectivity index (χ3n) is 22.8. The summed E-state index contributed by atoms with van der Waals surface area (Å²) in [6, 6.07) is 76.9. The molecule has 0 heterocycles. The van der Waals surface area contributed by atoms with Gasteiger partial charge in [0.1, 0.15) is 0 Å². The molecule has 0 aliphatic heterocycles. The van der Waals surface area contributed by atoms with Gasteiger partial charge in [-0.15, -0.1) is 0 Å². The molecule has 0 saturated carbocycles. The van der Waals surface area contributed by atoms with Crippen LogP contribution in [0.15, 0.2) is 194 Å². The lowest BCUT2D eigenvalue weighted by atomic mass is 9.68. The van der Waals surface area contributed by atoms with Gasteiger partial charge in [-0.1, -0.05) is 318 Å². The Morgan fingerprint density at radius 2 is 0.531 bits per heavy atom. The lowest BCUT2D eigenvalue weighted by Gasteiger charge is -2.35. The summed E-state index contributed by atoms with van der Waals surface area (Å²) in [7, 11) is 0. The van der Waals surface area contributed by atoms with Crippen LogP contribution in [0.25, 0.3) is 44.5 Å². The molecule has 98 heavy (non-hydrogen) atoms. The molecule has 0 radical (unpaired) electrons. The number of hydrogen-bond donors (Lipinski definition) is 0. The van der Waals surface area contributed by atoms with Gasteiger partial charge >= 0.3 is 0 Å². The lowest BCUT2D eigenvalue weighted by Crippen LogP contribution is -2.27. The largest absolute Gasteiger partial charge is 0.311 e. The lowest BCUT2D eigenvalue weighted by molar-refractivity contribution is 0.394. The molecule has 0 amide bonds. The van der Waals surface area contributed by atoms with Gasteiger partial charge in [0.2, 0.25) is 0 Å². The number of anilines is 6. The predicted molar refractivity (Wildman–Crippen MR) is 429 cm³/mol. The van der Waals surface area contributed by atoms with Gasteiger partial charge in [-0.05, 0) is 226 Å². The van der Waals surface area contributed by atoms with Gasteiger partial charge in [-0.3, -0.25) is 0 Å². The molecule has 2 aliphatic carbocycles. The molecule has 0 spiro atoms. The summed E-state index contributed by atoms with van der Waals surface area (Å²) in [5, 5.41) is 0. The number of fused-ring (bicyclic) bond motifs is 6. The second kappa shape index (κ2) is 34.1. The Hall–Kier alpha value is -7.42. The first-order valence-electron chi connectivity index (χ1n) is 39.5. The normalized spacial score (nSPS) is 13.3. The molecule has 0 N–H and O–H groups in total. The minimum Gasteiger partial charge on any atom is -0.311 e. The number of hydrogen-bond acceptors (Lipinski definition) is 2. The molecule has 0 saturated heterocycles. The molecule has 2 nitrogen and oxygen atoms in total. The Morgan fingerprint density at radius 3 is 0.837 bits per heavy atom. The van der Waals surface area contributed by atoms with Crippen LogP contribution in [-0.4, -0.2) is 0 Å². The van der Waals surface area contributed by atoms with Gasteiger partial charge in [0, 0.05) is 45.0 Å². The van der Waals surface area contributed by atoms with Crippen molar-refractivity contribution >= 4 is 34.1 Å². The first-order chi connectivity index (χ1) is 47.8. The molecule has 11 rings (SSSR count). The fourth-order valence-corrected chi connectivity index (χ4v) is 16.9. The van der Waals surface area contributed by atoms with Crippen LogP contribution in [-0.2, 0) is 22.7 Å². The molecule has 9 aromatic rings. The molecular weight excluding hydrogens is 1180 g/mol. The zero-order valence-corrected chi connectivity index (χ0v) is 62.4. The van der Waals surface area contributed by atoms with E-state index in [-0.39, 0.29) is 16.2 Å². The third-order valence-corrected chi connectivity index (χ3v) is 22.8. The molecule has 2 aliphatic rings. The van der Waals surface area contributed by atoms with Crippen molar-refractivity contribution in [2.75, 3.05) is 9.80 Å². The highest BCUT2D eigenvalue weighted by molar-refractivity contribution is 5.92. The van der Waals surface area contributed by atoms with E-state index in [0.29, 0.717) is 0 Å². The van der Waals surface area contributed by atoms with Crippen LogP contribution in [0.5, 0.6) is 0 Å². The van der Waals surface area contributed by atoms with E-state index in [1.807, 2.05) is 0 Å². The Morgan fingerprint density at radius 1 is 0.265 bits per heavy atom. The smallest absolute Gasteiger partial charge is 0.0462 e. The second-order valence-corrected chi connectivity index (χ2v) is 31.0. The molecular formula is C96H120N2. The Labute approximate surface area is 595 Å². The summed E-state index contributed by atoms with van der Waals surface area (Å²) in [4.78, 5) is 4.86. The van der Waals surface area contributed by atoms with Gasteiger partial charge in [0.05, 0.1) is 0 Å². The van der Waals surface area contributed by atoms with Crippen molar-refractivity contribution in [1.82, 2.24) is 0 Å². The highest BCUT2D eigenvalue weighted by Crippen LogP contribution is 2.62. The predicted octanol–water partition coefficient (Wildman–Crippen LogP) is 30.0. The maximum Gasteiger partial charge on any atom is 0.0462 e. The van der Waals surface area contributed by atoms with Gasteiger partial charge in [0.15, 0.2) is 0 Å². The number of benzene rings is 9. The van der Waals surface area contributed by atoms with Crippen molar-refractivity contribution in [2.24, 2.45) is 0 Å². The van der Waals surface area contributed by atoms with Crippen LogP contribution in [0, 0.1) is 13.8 Å². The Kier molecular flexibility index (Phi) is 25.0. The molecule has 0 fully saturated rings. The maximum absolute atomic E-state index is 2.85. The fourth-order valence-electron chi connectivity index (χ4n) is 16.9. The van der Waals surface area contributed by atoms with E-state index < -0.39 is 0 Å². The topological polar surface area (TPSA) is 6.48 Å². The van der Waals surface area contributed by atoms with Gasteiger partial charge in [-0.2, -0.15) is 0 Å². The van der Waals surface area contributed by atoms with Crippen LogP contribution in [0.2, 0.25) is 0 Å². The monoisotopic (exact) mass is 1300 g/mol. The molecule has 9 aromatic carbocycles. The van der Waals surface area contributed by atoms with Crippen LogP contribution in [0.4, 0.5) is 34.1 Å². The van der Waals surface area contributed by atoms with Crippen LogP contribution >= 0.6 is 0 Å². The van der Waals surface area contributed by atoms with Crippen molar-refractivity contribution in [2.45, 2.75) is 272 Å². The maximum atomic E-state index is 2.85. The summed E-state index contributed by atoms with van der Waals surface area (Å²) in [5.41, 5.74) is 30.0. The van der Waals surface area contributed by atoms with E-state index in [0.717, 1.165) is 6.42 Å². The van der Waals surface area contributed by atoms with Crippen molar-refractivity contribution in [3.8, 4) is 44.5 Å². The minimum absolute atomic E-state index is 0.0786. The first kappa shape index (κ1) is 71.9. The molecule has 514 valence electrons. The van der Waals surface area contributed by atoms with E-state index in [2.05, 4.69) is 273 Å². The van der Waals surface area contributed by atoms with E-state index >= 15 is 0 Å². The van der Waals surface area contributed by atoms with Crippen LogP contribution < -0.4 is 9.80 Å². The third kappa shape index (κ3) is 16.6. The summed E-state index contributed by atoms with van der Waals surface area (Å²) < 4.78 is 0. The zero-order valence-electron chi connectivity index (χ0n) is 62.4. The van der Waals surface area contributed by atoms with Crippen molar-refractivity contribution < 1.29 is 0 Å². The first-order valence-corrected chi connectivity index (χ1v) is 39.5. The van der Waals surface area contributed by atoms with Crippen molar-refractivity contribution in [3.63, 3.8) is 0 Å². The highest BCUT2D eigenvalue weighted by atomic mass is 15.1. The molecule has 0 aromatic heterocycles. The zero-order chi connectivity index (χ0) is 68.5. The number of nitrogens with zero attached hydrogens (tertiary/aromatic N) is 2. The van der Waals surface area contributed by atoms with E-state index in [4.69, 9.17) is 0 Å². The van der Waals surface area contributed by atoms with Crippen molar-refractivity contribution in [3.05, 3.63) is 239 Å². The average molecular weight is 1300 g/mol. The number of aryl methyl sites for hydroxylation is 3. The summed E-state index contributed by atoms with van der Waals surface area (Å²) in [5.74, 6) is 0. The number of rotatable bonds is 37. The highest BCUT2D eigenvalue weighted by Gasteiger charge is 2.48.